The van der Waals surface area contributed by atoms with Crippen LogP contribution in [-0.4, -0.2) is 25.0 Å². The van der Waals surface area contributed by atoms with Crippen LogP contribution in [0.1, 0.15) is 45.8 Å². The van der Waals surface area contributed by atoms with Crippen LogP contribution in [0.25, 0.3) is 17.2 Å². The lowest BCUT2D eigenvalue weighted by Gasteiger charge is -2.14. The molecule has 33 heavy (non-hydrogen) atoms. The number of fused-ring (bicyclic) bond motifs is 3. The zero-order valence-electron chi connectivity index (χ0n) is 18.2. The van der Waals surface area contributed by atoms with E-state index in [1.54, 1.807) is 12.1 Å². The van der Waals surface area contributed by atoms with Gasteiger partial charge in [-0.2, -0.15) is 5.26 Å². The Balaban J connectivity index is 1.23. The summed E-state index contributed by atoms with van der Waals surface area (Å²) < 4.78 is 5.53. The molecule has 164 valence electrons. The first-order valence-corrected chi connectivity index (χ1v) is 10.9. The van der Waals surface area contributed by atoms with E-state index in [0.717, 1.165) is 5.56 Å². The van der Waals surface area contributed by atoms with Gasteiger partial charge in [0.15, 0.2) is 5.78 Å². The molecule has 0 spiro atoms. The molecule has 4 rings (SSSR count). The van der Waals surface area contributed by atoms with E-state index in [1.807, 2.05) is 54.6 Å². The van der Waals surface area contributed by atoms with Crippen LogP contribution < -0.4 is 5.32 Å². The molecule has 1 aliphatic carbocycles. The molecule has 0 unspecified atom stereocenters. The third kappa shape index (κ3) is 5.19. The molecule has 0 saturated heterocycles. The Morgan fingerprint density at radius 2 is 1.58 bits per heavy atom. The molecule has 0 atom stereocenters. The zero-order chi connectivity index (χ0) is 23.0. The molecule has 0 saturated carbocycles. The fourth-order valence-corrected chi connectivity index (χ4v) is 4.08. The molecule has 0 radical (unpaired) electrons. The average Bonchev–Trinajstić information content (AvgIpc) is 3.17. The van der Waals surface area contributed by atoms with E-state index < -0.39 is 6.09 Å². The van der Waals surface area contributed by atoms with Crippen LogP contribution in [-0.2, 0) is 4.74 Å². The Kier molecular flexibility index (Phi) is 6.96. The van der Waals surface area contributed by atoms with Crippen LogP contribution in [0.4, 0.5) is 4.79 Å². The number of nitriles is 1. The molecule has 1 amide bonds. The Hall–Kier alpha value is -4.17. The van der Waals surface area contributed by atoms with E-state index in [1.165, 1.54) is 22.3 Å². The molecule has 3 aromatic carbocycles. The molecule has 1 N–H and O–H groups in total. The monoisotopic (exact) mass is 436 g/mol. The summed E-state index contributed by atoms with van der Waals surface area (Å²) in [7, 11) is 0. The molecule has 0 bridgehead atoms. The van der Waals surface area contributed by atoms with Crippen LogP contribution in [0.15, 0.2) is 78.9 Å². The molecule has 0 aromatic heterocycles. The Labute approximate surface area is 193 Å². The lowest BCUT2D eigenvalue weighted by Crippen LogP contribution is -2.26. The maximum Gasteiger partial charge on any atom is 0.407 e. The summed E-state index contributed by atoms with van der Waals surface area (Å²) in [6.07, 6.45) is 4.00. The average molecular weight is 437 g/mol. The molecular weight excluding hydrogens is 412 g/mol. The fourth-order valence-electron chi connectivity index (χ4n) is 4.08. The number of hydrogen-bond donors (Lipinski definition) is 1. The summed E-state index contributed by atoms with van der Waals surface area (Å²) in [6.45, 7) is 0.762. The third-order valence-corrected chi connectivity index (χ3v) is 5.71. The minimum Gasteiger partial charge on any atom is -0.449 e. The highest BCUT2D eigenvalue weighted by molar-refractivity contribution is 5.97. The summed E-state index contributed by atoms with van der Waals surface area (Å²) in [4.78, 5) is 23.9. The second-order valence-corrected chi connectivity index (χ2v) is 7.82. The second kappa shape index (κ2) is 10.4. The normalized spacial score (nSPS) is 12.1. The molecular formula is C28H24N2O3. The van der Waals surface area contributed by atoms with Gasteiger partial charge in [0.2, 0.25) is 0 Å². The van der Waals surface area contributed by atoms with Crippen LogP contribution in [0.5, 0.6) is 0 Å². The van der Waals surface area contributed by atoms with Gasteiger partial charge in [-0.1, -0.05) is 84.9 Å². The number of benzene rings is 3. The second-order valence-electron chi connectivity index (χ2n) is 7.82. The first kappa shape index (κ1) is 22.0. The number of hydrogen-bond acceptors (Lipinski definition) is 4. The van der Waals surface area contributed by atoms with Gasteiger partial charge < -0.3 is 10.1 Å². The summed E-state index contributed by atoms with van der Waals surface area (Å²) in [5.74, 6) is -0.133. The van der Waals surface area contributed by atoms with E-state index in [-0.39, 0.29) is 18.1 Å². The number of ether oxygens (including phenoxy) is 1. The smallest absolute Gasteiger partial charge is 0.407 e. The Morgan fingerprint density at radius 1 is 0.939 bits per heavy atom. The van der Waals surface area contributed by atoms with Crippen molar-refractivity contribution in [2.75, 3.05) is 13.2 Å². The number of carbonyl (C=O) groups is 2. The number of ketones is 1. The lowest BCUT2D eigenvalue weighted by atomic mass is 9.98. The summed E-state index contributed by atoms with van der Waals surface area (Å²) in [5, 5.41) is 11.4. The quantitative estimate of drug-likeness (QED) is 0.361. The molecule has 0 fully saturated rings. The van der Waals surface area contributed by atoms with Crippen molar-refractivity contribution in [3.63, 3.8) is 0 Å². The molecule has 5 heteroatoms. The van der Waals surface area contributed by atoms with Gasteiger partial charge in [0.25, 0.3) is 0 Å². The van der Waals surface area contributed by atoms with Crippen molar-refractivity contribution in [3.05, 3.63) is 101 Å². The van der Waals surface area contributed by atoms with E-state index in [9.17, 15) is 9.59 Å². The van der Waals surface area contributed by atoms with Gasteiger partial charge in [-0.3, -0.25) is 4.79 Å². The summed E-state index contributed by atoms with van der Waals surface area (Å²) >= 11 is 0. The number of nitrogens with one attached hydrogen (secondary N) is 1. The third-order valence-electron chi connectivity index (χ3n) is 5.71. The van der Waals surface area contributed by atoms with Crippen LogP contribution in [0.3, 0.4) is 0 Å². The predicted octanol–water partition coefficient (Wildman–Crippen LogP) is 5.72. The molecule has 0 aliphatic heterocycles. The van der Waals surface area contributed by atoms with Crippen molar-refractivity contribution in [1.29, 1.82) is 5.26 Å². The molecule has 3 aromatic rings. The molecule has 0 heterocycles. The van der Waals surface area contributed by atoms with E-state index in [2.05, 4.69) is 29.6 Å². The van der Waals surface area contributed by atoms with Gasteiger partial charge in [0.1, 0.15) is 6.61 Å². The van der Waals surface area contributed by atoms with Crippen LogP contribution in [0, 0.1) is 11.3 Å². The SMILES string of the molecule is N#CCC(=O)c1ccc(C=CCCNC(=O)OCC2c3ccccc3-c3ccccc32)cc1. The minimum absolute atomic E-state index is 0.0473. The number of carbonyl (C=O) groups excluding carboxylic acids is 2. The summed E-state index contributed by atoms with van der Waals surface area (Å²) in [6, 6.07) is 25.5. The first-order chi connectivity index (χ1) is 16.2. The van der Waals surface area contributed by atoms with E-state index in [4.69, 9.17) is 10.00 Å². The van der Waals surface area contributed by atoms with Crippen molar-refractivity contribution < 1.29 is 14.3 Å². The number of alkyl carbamates (subject to hydrolysis) is 1. The maximum atomic E-state index is 12.2. The van der Waals surface area contributed by atoms with Gasteiger partial charge in [-0.15, -0.1) is 0 Å². The van der Waals surface area contributed by atoms with E-state index >= 15 is 0 Å². The van der Waals surface area contributed by atoms with Gasteiger partial charge in [0.05, 0.1) is 12.5 Å². The maximum absolute atomic E-state index is 12.2. The fraction of sp³-hybridized carbons (Fsp3) is 0.179. The molecule has 5 nitrogen and oxygen atoms in total. The highest BCUT2D eigenvalue weighted by atomic mass is 16.5. The first-order valence-electron chi connectivity index (χ1n) is 10.9. The van der Waals surface area contributed by atoms with Crippen LogP contribution in [0.2, 0.25) is 0 Å². The Bertz CT molecular complexity index is 1180. The predicted molar refractivity (Wildman–Crippen MR) is 128 cm³/mol. The van der Waals surface area contributed by atoms with Gasteiger partial charge in [0, 0.05) is 18.0 Å². The highest BCUT2D eigenvalue weighted by Gasteiger charge is 2.28. The van der Waals surface area contributed by atoms with E-state index in [0.29, 0.717) is 25.1 Å². The largest absolute Gasteiger partial charge is 0.449 e. The van der Waals surface area contributed by atoms with Gasteiger partial charge in [-0.05, 0) is 34.2 Å². The van der Waals surface area contributed by atoms with Crippen LogP contribution >= 0.6 is 0 Å². The lowest BCUT2D eigenvalue weighted by molar-refractivity contribution is 0.0997. The highest BCUT2D eigenvalue weighted by Crippen LogP contribution is 2.44. The number of nitrogens with zero attached hydrogens (tertiary/aromatic N) is 1. The standard InChI is InChI=1S/C28H24N2O3/c29-17-16-27(31)21-14-12-20(13-15-21)7-5-6-18-30-28(32)33-19-26-24-10-3-1-8-22(24)23-9-2-4-11-25(23)26/h1-5,7-15,26H,6,16,18-19H2,(H,30,32). The number of rotatable bonds is 8. The molecule has 1 aliphatic rings. The zero-order valence-corrected chi connectivity index (χ0v) is 18.2. The van der Waals surface area contributed by atoms with Crippen molar-refractivity contribution in [2.45, 2.75) is 18.8 Å². The number of Topliss-reactive ketones (excluding diaryl/α,β-unsaturated/α-hetero) is 1. The van der Waals surface area contributed by atoms with Gasteiger partial charge in [-0.25, -0.2) is 4.79 Å². The topological polar surface area (TPSA) is 79.2 Å². The summed E-state index contributed by atoms with van der Waals surface area (Å²) in [5.41, 5.74) is 6.27. The van der Waals surface area contributed by atoms with Crippen molar-refractivity contribution >= 4 is 18.0 Å². The Morgan fingerprint density at radius 3 is 2.21 bits per heavy atom. The van der Waals surface area contributed by atoms with Crippen molar-refractivity contribution in [3.8, 4) is 17.2 Å². The van der Waals surface area contributed by atoms with Gasteiger partial charge >= 0.3 is 6.09 Å². The van der Waals surface area contributed by atoms with Crippen molar-refractivity contribution in [2.24, 2.45) is 0 Å². The van der Waals surface area contributed by atoms with Crippen molar-refractivity contribution in [1.82, 2.24) is 5.32 Å². The minimum atomic E-state index is -0.425. The number of amides is 1.